The van der Waals surface area contributed by atoms with Crippen LogP contribution in [0.3, 0.4) is 0 Å². The van der Waals surface area contributed by atoms with Gasteiger partial charge in [0.1, 0.15) is 23.0 Å². The van der Waals surface area contributed by atoms with E-state index in [1.54, 1.807) is 0 Å². The maximum Gasteiger partial charge on any atom is 0.173 e. The molecule has 222 valence electrons. The van der Waals surface area contributed by atoms with Crippen LogP contribution in [-0.4, -0.2) is 0 Å². The van der Waals surface area contributed by atoms with Crippen molar-refractivity contribution in [2.24, 2.45) is 23.7 Å². The summed E-state index contributed by atoms with van der Waals surface area (Å²) in [6.45, 7) is 6.08. The topological polar surface area (TPSA) is 106 Å². The molecule has 6 N–H and O–H groups in total. The molecule has 0 unspecified atom stereocenters. The summed E-state index contributed by atoms with van der Waals surface area (Å²) in [5.41, 5.74) is 24.7. The minimum atomic E-state index is 0.400. The molecular formula is C37H41N3O3. The standard InChI is InChI=1S/C37H41N3O3/c1-20-4-7-27(38)15-31(20)41-34-19-36(43-33-17-29(40)9-6-22(33)3)35(42-32-16-28(39)8-5-21(32)2)18-30(34)37-25-11-23-10-24(13-25)14-26(37)12-23/h4-9,15-19,23-26,37H,10-14,38-40H2,1-3H3. The number of nitrogen functional groups attached to an aromatic ring is 3. The van der Waals surface area contributed by atoms with Gasteiger partial charge in [-0.25, -0.2) is 0 Å². The Labute approximate surface area is 254 Å². The third kappa shape index (κ3) is 5.35. The van der Waals surface area contributed by atoms with E-state index < -0.39 is 0 Å². The molecule has 4 aliphatic carbocycles. The van der Waals surface area contributed by atoms with Crippen molar-refractivity contribution in [2.45, 2.75) is 58.8 Å². The number of nitrogens with two attached hydrogens (primary N) is 3. The predicted molar refractivity (Wildman–Crippen MR) is 173 cm³/mol. The molecule has 6 heteroatoms. The fourth-order valence-electron chi connectivity index (χ4n) is 8.03. The molecule has 6 nitrogen and oxygen atoms in total. The first-order valence-corrected chi connectivity index (χ1v) is 15.5. The first-order chi connectivity index (χ1) is 20.7. The van der Waals surface area contributed by atoms with E-state index in [4.69, 9.17) is 31.4 Å². The Hall–Kier alpha value is -4.32. The molecule has 0 atom stereocenters. The Kier molecular flexibility index (Phi) is 6.88. The van der Waals surface area contributed by atoms with Crippen molar-refractivity contribution >= 4 is 17.1 Å². The van der Waals surface area contributed by atoms with Gasteiger partial charge in [0.05, 0.1) is 0 Å². The molecule has 0 amide bonds. The van der Waals surface area contributed by atoms with Crippen LogP contribution in [0.25, 0.3) is 0 Å². The summed E-state index contributed by atoms with van der Waals surface area (Å²) < 4.78 is 20.1. The minimum absolute atomic E-state index is 0.400. The number of ether oxygens (including phenoxy) is 3. The molecule has 0 aromatic heterocycles. The molecule has 4 aromatic carbocycles. The molecule has 4 fully saturated rings. The van der Waals surface area contributed by atoms with Gasteiger partial charge < -0.3 is 31.4 Å². The monoisotopic (exact) mass is 575 g/mol. The maximum atomic E-state index is 6.80. The highest BCUT2D eigenvalue weighted by atomic mass is 16.5. The quantitative estimate of drug-likeness (QED) is 0.190. The first-order valence-electron chi connectivity index (χ1n) is 15.5. The number of aryl methyl sites for hydroxylation is 3. The molecule has 0 heterocycles. The summed E-state index contributed by atoms with van der Waals surface area (Å²) in [7, 11) is 0. The third-order valence-electron chi connectivity index (χ3n) is 9.96. The molecule has 0 saturated heterocycles. The molecule has 4 bridgehead atoms. The van der Waals surface area contributed by atoms with E-state index in [1.807, 2.05) is 81.4 Å². The third-order valence-corrected chi connectivity index (χ3v) is 9.96. The van der Waals surface area contributed by atoms with Gasteiger partial charge in [0.2, 0.25) is 0 Å². The smallest absolute Gasteiger partial charge is 0.173 e. The van der Waals surface area contributed by atoms with Gasteiger partial charge in [-0.1, -0.05) is 18.2 Å². The number of benzene rings is 4. The van der Waals surface area contributed by atoms with Crippen LogP contribution in [0.1, 0.15) is 60.3 Å². The van der Waals surface area contributed by atoms with E-state index in [1.165, 1.54) is 37.7 Å². The van der Waals surface area contributed by atoms with Gasteiger partial charge in [0, 0.05) is 46.9 Å². The van der Waals surface area contributed by atoms with Crippen LogP contribution < -0.4 is 31.4 Å². The van der Waals surface area contributed by atoms with Crippen LogP contribution in [0.15, 0.2) is 66.7 Å². The van der Waals surface area contributed by atoms with Gasteiger partial charge in [-0.3, -0.25) is 0 Å². The summed E-state index contributed by atoms with van der Waals surface area (Å²) in [5.74, 6) is 7.50. The number of hydrogen-bond acceptors (Lipinski definition) is 6. The molecule has 0 aliphatic heterocycles. The van der Waals surface area contributed by atoms with Gasteiger partial charge in [-0.15, -0.1) is 0 Å². The summed E-state index contributed by atoms with van der Waals surface area (Å²) in [4.78, 5) is 0. The van der Waals surface area contributed by atoms with Crippen LogP contribution in [0.5, 0.6) is 34.5 Å². The second kappa shape index (κ2) is 10.7. The Bertz CT molecular complexity index is 1670. The minimum Gasteiger partial charge on any atom is -0.457 e. The molecule has 0 radical (unpaired) electrons. The van der Waals surface area contributed by atoms with Crippen LogP contribution in [0, 0.1) is 44.4 Å². The van der Waals surface area contributed by atoms with Crippen LogP contribution >= 0.6 is 0 Å². The van der Waals surface area contributed by atoms with Gasteiger partial charge in [-0.2, -0.15) is 0 Å². The van der Waals surface area contributed by atoms with E-state index in [2.05, 4.69) is 6.07 Å². The zero-order valence-corrected chi connectivity index (χ0v) is 25.2. The fraction of sp³-hybridized carbons (Fsp3) is 0.351. The van der Waals surface area contributed by atoms with Crippen LogP contribution in [0.4, 0.5) is 17.1 Å². The van der Waals surface area contributed by atoms with E-state index in [0.29, 0.717) is 57.8 Å². The Morgan fingerprint density at radius 3 is 1.30 bits per heavy atom. The summed E-state index contributed by atoms with van der Waals surface area (Å²) in [6.07, 6.45) is 6.57. The predicted octanol–water partition coefficient (Wildman–Crippen LogP) is 9.28. The van der Waals surface area contributed by atoms with Crippen molar-refractivity contribution in [3.63, 3.8) is 0 Å². The van der Waals surface area contributed by atoms with Crippen molar-refractivity contribution < 1.29 is 14.2 Å². The van der Waals surface area contributed by atoms with E-state index in [-0.39, 0.29) is 0 Å². The van der Waals surface area contributed by atoms with Gasteiger partial charge in [0.25, 0.3) is 0 Å². The molecule has 4 saturated carbocycles. The van der Waals surface area contributed by atoms with Crippen LogP contribution in [0.2, 0.25) is 0 Å². The first kappa shape index (κ1) is 27.5. The van der Waals surface area contributed by atoms with Gasteiger partial charge in [-0.05, 0) is 123 Å². The van der Waals surface area contributed by atoms with E-state index in [0.717, 1.165) is 40.0 Å². The van der Waals surface area contributed by atoms with Crippen LogP contribution in [-0.2, 0) is 0 Å². The van der Waals surface area contributed by atoms with E-state index >= 15 is 0 Å². The lowest BCUT2D eigenvalue weighted by atomic mass is 9.50. The van der Waals surface area contributed by atoms with Gasteiger partial charge >= 0.3 is 0 Å². The lowest BCUT2D eigenvalue weighted by Crippen LogP contribution is -2.43. The number of rotatable bonds is 7. The zero-order valence-electron chi connectivity index (χ0n) is 25.2. The summed E-state index contributed by atoms with van der Waals surface area (Å²) in [5, 5.41) is 0. The highest BCUT2D eigenvalue weighted by Gasteiger charge is 2.49. The van der Waals surface area contributed by atoms with Crippen molar-refractivity contribution in [2.75, 3.05) is 17.2 Å². The Morgan fingerprint density at radius 2 is 0.860 bits per heavy atom. The lowest BCUT2D eigenvalue weighted by molar-refractivity contribution is -0.00342. The molecule has 0 spiro atoms. The van der Waals surface area contributed by atoms with E-state index in [9.17, 15) is 0 Å². The van der Waals surface area contributed by atoms with Crippen molar-refractivity contribution in [3.05, 3.63) is 89.0 Å². The highest BCUT2D eigenvalue weighted by Crippen LogP contribution is 2.62. The molecule has 8 rings (SSSR count). The Morgan fingerprint density at radius 1 is 0.465 bits per heavy atom. The molecule has 43 heavy (non-hydrogen) atoms. The zero-order chi connectivity index (χ0) is 29.8. The highest BCUT2D eigenvalue weighted by molar-refractivity contribution is 5.60. The molecule has 4 aliphatic rings. The van der Waals surface area contributed by atoms with Crippen molar-refractivity contribution in [3.8, 4) is 34.5 Å². The largest absolute Gasteiger partial charge is 0.457 e. The average Bonchev–Trinajstić information content (AvgIpc) is 2.96. The maximum absolute atomic E-state index is 6.80. The fourth-order valence-corrected chi connectivity index (χ4v) is 8.03. The lowest BCUT2D eigenvalue weighted by Gasteiger charge is -2.54. The Balaban J connectivity index is 1.39. The molecule has 4 aromatic rings. The second-order valence-corrected chi connectivity index (χ2v) is 13.2. The van der Waals surface area contributed by atoms with Crippen molar-refractivity contribution in [1.82, 2.24) is 0 Å². The van der Waals surface area contributed by atoms with Gasteiger partial charge in [0.15, 0.2) is 11.5 Å². The second-order valence-electron chi connectivity index (χ2n) is 13.2. The van der Waals surface area contributed by atoms with Crippen molar-refractivity contribution in [1.29, 1.82) is 0 Å². The normalized spacial score (nSPS) is 23.7. The number of hydrogen-bond donors (Lipinski definition) is 3. The summed E-state index contributed by atoms with van der Waals surface area (Å²) >= 11 is 0. The summed E-state index contributed by atoms with van der Waals surface area (Å²) in [6, 6.07) is 21.4. The number of anilines is 3. The SMILES string of the molecule is Cc1ccc(N)cc1Oc1cc(Oc2cc(N)ccc2C)c(C2C3CC4CC(C3)CC2C4)cc1Oc1cc(N)ccc1C. The molecular weight excluding hydrogens is 534 g/mol. The average molecular weight is 576 g/mol.